The minimum Gasteiger partial charge on any atom is -0.462 e. The fourth-order valence-electron chi connectivity index (χ4n) is 8.54. The zero-order valence-electron chi connectivity index (χ0n) is 43.8. The standard InChI is InChI=1S/C59H110O6/c1-4-7-10-13-16-19-22-24-26-28-30-32-34-37-40-43-46-49-52-58(61)64-55-56(54-63-57(60)51-48-45-42-39-36-21-18-15-12-9-6-3)65-59(62)53-50-47-44-41-38-35-33-31-29-27-25-23-20-17-14-11-8-5-2/h15,18,26,28,56H,4-14,16-17,19-25,27,29-55H2,1-3H3/b18-15-,28-26-. The summed E-state index contributed by atoms with van der Waals surface area (Å²) in [5.41, 5.74) is 0. The van der Waals surface area contributed by atoms with Crippen molar-refractivity contribution in [2.24, 2.45) is 0 Å². The first kappa shape index (κ1) is 62.9. The molecule has 0 aliphatic rings. The Kier molecular flexibility index (Phi) is 52.7. The molecule has 0 spiro atoms. The molecular formula is C59H110O6. The number of ether oxygens (including phenoxy) is 3. The van der Waals surface area contributed by atoms with Crippen LogP contribution in [0.25, 0.3) is 0 Å². The molecule has 0 amide bonds. The van der Waals surface area contributed by atoms with Crippen molar-refractivity contribution in [3.8, 4) is 0 Å². The maximum absolute atomic E-state index is 12.8. The van der Waals surface area contributed by atoms with Crippen molar-refractivity contribution in [3.63, 3.8) is 0 Å². The third kappa shape index (κ3) is 52.7. The number of allylic oxidation sites excluding steroid dienone is 4. The zero-order valence-corrected chi connectivity index (χ0v) is 43.8. The molecule has 1 unspecified atom stereocenters. The van der Waals surface area contributed by atoms with Crippen molar-refractivity contribution >= 4 is 17.9 Å². The van der Waals surface area contributed by atoms with Crippen LogP contribution in [-0.4, -0.2) is 37.2 Å². The van der Waals surface area contributed by atoms with Gasteiger partial charge in [-0.25, -0.2) is 0 Å². The van der Waals surface area contributed by atoms with E-state index in [0.29, 0.717) is 19.3 Å². The molecule has 0 heterocycles. The van der Waals surface area contributed by atoms with Crippen LogP contribution < -0.4 is 0 Å². The van der Waals surface area contributed by atoms with Crippen LogP contribution in [-0.2, 0) is 28.6 Å². The number of hydrogen-bond acceptors (Lipinski definition) is 6. The maximum atomic E-state index is 12.8. The Morgan fingerprint density at radius 2 is 0.523 bits per heavy atom. The first-order valence-electron chi connectivity index (χ1n) is 28.8. The van der Waals surface area contributed by atoms with Gasteiger partial charge in [0.05, 0.1) is 0 Å². The Balaban J connectivity index is 4.29. The van der Waals surface area contributed by atoms with Gasteiger partial charge in [0.1, 0.15) is 13.2 Å². The summed E-state index contributed by atoms with van der Waals surface area (Å²) >= 11 is 0. The van der Waals surface area contributed by atoms with E-state index in [0.717, 1.165) is 64.2 Å². The van der Waals surface area contributed by atoms with Gasteiger partial charge in [-0.05, 0) is 64.2 Å². The summed E-state index contributed by atoms with van der Waals surface area (Å²) < 4.78 is 16.9. The molecule has 0 aliphatic heterocycles. The van der Waals surface area contributed by atoms with Crippen LogP contribution in [0.3, 0.4) is 0 Å². The van der Waals surface area contributed by atoms with Gasteiger partial charge in [0.25, 0.3) is 0 Å². The lowest BCUT2D eigenvalue weighted by Crippen LogP contribution is -2.30. The highest BCUT2D eigenvalue weighted by atomic mass is 16.6. The van der Waals surface area contributed by atoms with E-state index in [1.165, 1.54) is 212 Å². The molecule has 0 radical (unpaired) electrons. The van der Waals surface area contributed by atoms with E-state index in [2.05, 4.69) is 45.1 Å². The summed E-state index contributed by atoms with van der Waals surface area (Å²) in [5.74, 6) is -0.867. The molecule has 0 aromatic carbocycles. The van der Waals surface area contributed by atoms with E-state index >= 15 is 0 Å². The van der Waals surface area contributed by atoms with Crippen LogP contribution in [0.15, 0.2) is 24.3 Å². The SMILES string of the molecule is CCCC/C=C\CCCCCCCC(=O)OCC(COC(=O)CCCCCCCCC/C=C\CCCCCCCCC)OC(=O)CCCCCCCCCCCCCCCCCCCC. The molecule has 0 aromatic rings. The van der Waals surface area contributed by atoms with Crippen LogP contribution in [0, 0.1) is 0 Å². The summed E-state index contributed by atoms with van der Waals surface area (Å²) in [6, 6.07) is 0. The van der Waals surface area contributed by atoms with E-state index in [-0.39, 0.29) is 31.1 Å². The molecule has 0 bridgehead atoms. The van der Waals surface area contributed by atoms with E-state index in [9.17, 15) is 14.4 Å². The highest BCUT2D eigenvalue weighted by Crippen LogP contribution is 2.17. The van der Waals surface area contributed by atoms with Gasteiger partial charge in [-0.2, -0.15) is 0 Å². The molecule has 6 nitrogen and oxygen atoms in total. The van der Waals surface area contributed by atoms with Crippen molar-refractivity contribution in [1.82, 2.24) is 0 Å². The molecule has 0 saturated carbocycles. The largest absolute Gasteiger partial charge is 0.462 e. The molecular weight excluding hydrogens is 805 g/mol. The fraction of sp³-hybridized carbons (Fsp3) is 0.881. The van der Waals surface area contributed by atoms with Crippen molar-refractivity contribution in [1.29, 1.82) is 0 Å². The molecule has 65 heavy (non-hydrogen) atoms. The van der Waals surface area contributed by atoms with E-state index < -0.39 is 6.10 Å². The second-order valence-corrected chi connectivity index (χ2v) is 19.6. The fourth-order valence-corrected chi connectivity index (χ4v) is 8.54. The van der Waals surface area contributed by atoms with Crippen LogP contribution in [0.5, 0.6) is 0 Å². The number of hydrogen-bond donors (Lipinski definition) is 0. The molecule has 0 N–H and O–H groups in total. The van der Waals surface area contributed by atoms with Crippen LogP contribution in [0.1, 0.15) is 316 Å². The summed E-state index contributed by atoms with van der Waals surface area (Å²) in [4.78, 5) is 38.1. The Morgan fingerprint density at radius 1 is 0.292 bits per heavy atom. The van der Waals surface area contributed by atoms with Crippen LogP contribution >= 0.6 is 0 Å². The predicted octanol–water partition coefficient (Wildman–Crippen LogP) is 19.1. The van der Waals surface area contributed by atoms with Crippen molar-refractivity contribution < 1.29 is 28.6 Å². The summed E-state index contributed by atoms with van der Waals surface area (Å²) in [6.45, 7) is 6.64. The minimum atomic E-state index is -0.772. The van der Waals surface area contributed by atoms with Gasteiger partial charge >= 0.3 is 17.9 Å². The van der Waals surface area contributed by atoms with E-state index in [1.54, 1.807) is 0 Å². The summed E-state index contributed by atoms with van der Waals surface area (Å²) in [5, 5.41) is 0. The third-order valence-corrected chi connectivity index (χ3v) is 12.9. The van der Waals surface area contributed by atoms with Gasteiger partial charge in [-0.15, -0.1) is 0 Å². The highest BCUT2D eigenvalue weighted by Gasteiger charge is 2.19. The summed E-state index contributed by atoms with van der Waals surface area (Å²) in [6.07, 6.45) is 63.1. The molecule has 1 atom stereocenters. The smallest absolute Gasteiger partial charge is 0.306 e. The second kappa shape index (κ2) is 54.5. The zero-order chi connectivity index (χ0) is 47.2. The average molecular weight is 916 g/mol. The van der Waals surface area contributed by atoms with E-state index in [4.69, 9.17) is 14.2 Å². The maximum Gasteiger partial charge on any atom is 0.306 e. The second-order valence-electron chi connectivity index (χ2n) is 19.6. The van der Waals surface area contributed by atoms with Crippen LogP contribution in [0.4, 0.5) is 0 Å². The van der Waals surface area contributed by atoms with Gasteiger partial charge < -0.3 is 14.2 Å². The Hall–Kier alpha value is -2.11. The van der Waals surface area contributed by atoms with Gasteiger partial charge in [-0.3, -0.25) is 14.4 Å². The van der Waals surface area contributed by atoms with Crippen LogP contribution in [0.2, 0.25) is 0 Å². The summed E-state index contributed by atoms with van der Waals surface area (Å²) in [7, 11) is 0. The Bertz CT molecular complexity index is 1050. The number of carbonyl (C=O) groups is 3. The lowest BCUT2D eigenvalue weighted by molar-refractivity contribution is -0.167. The predicted molar refractivity (Wildman–Crippen MR) is 279 cm³/mol. The monoisotopic (exact) mass is 915 g/mol. The molecule has 0 fully saturated rings. The van der Waals surface area contributed by atoms with Crippen molar-refractivity contribution in [2.75, 3.05) is 13.2 Å². The first-order chi connectivity index (χ1) is 32.0. The van der Waals surface area contributed by atoms with Gasteiger partial charge in [0.15, 0.2) is 6.10 Å². The number of carbonyl (C=O) groups excluding carboxylic acids is 3. The normalized spacial score (nSPS) is 12.1. The molecule has 0 rings (SSSR count). The molecule has 0 aliphatic carbocycles. The molecule has 0 aromatic heterocycles. The lowest BCUT2D eigenvalue weighted by atomic mass is 10.0. The molecule has 382 valence electrons. The topological polar surface area (TPSA) is 78.9 Å². The number of esters is 3. The third-order valence-electron chi connectivity index (χ3n) is 12.9. The number of rotatable bonds is 53. The average Bonchev–Trinajstić information content (AvgIpc) is 3.30. The van der Waals surface area contributed by atoms with Gasteiger partial charge in [-0.1, -0.05) is 257 Å². The number of unbranched alkanes of at least 4 members (excludes halogenated alkanes) is 38. The van der Waals surface area contributed by atoms with Gasteiger partial charge in [0.2, 0.25) is 0 Å². The van der Waals surface area contributed by atoms with Crippen molar-refractivity contribution in [3.05, 3.63) is 24.3 Å². The minimum absolute atomic E-state index is 0.0721. The Labute approximate surface area is 404 Å². The van der Waals surface area contributed by atoms with Crippen molar-refractivity contribution in [2.45, 2.75) is 322 Å². The highest BCUT2D eigenvalue weighted by molar-refractivity contribution is 5.71. The molecule has 6 heteroatoms. The lowest BCUT2D eigenvalue weighted by Gasteiger charge is -2.18. The first-order valence-corrected chi connectivity index (χ1v) is 28.8. The Morgan fingerprint density at radius 3 is 0.815 bits per heavy atom. The van der Waals surface area contributed by atoms with E-state index in [1.807, 2.05) is 0 Å². The quantitative estimate of drug-likeness (QED) is 0.0262. The molecule has 0 saturated heterocycles. The van der Waals surface area contributed by atoms with Gasteiger partial charge in [0, 0.05) is 19.3 Å².